The molecule has 2 aromatic rings. The maximum atomic E-state index is 6.19. The number of rotatable bonds is 7. The summed E-state index contributed by atoms with van der Waals surface area (Å²) in [5.41, 5.74) is 1.01. The lowest BCUT2D eigenvalue weighted by Gasteiger charge is -2.11. The Bertz CT molecular complexity index is 518. The van der Waals surface area contributed by atoms with E-state index in [2.05, 4.69) is 5.32 Å². The van der Waals surface area contributed by atoms with Crippen LogP contribution in [0.2, 0.25) is 10.0 Å². The van der Waals surface area contributed by atoms with E-state index < -0.39 is 0 Å². The first-order valence-electron chi connectivity index (χ1n) is 6.54. The van der Waals surface area contributed by atoms with Crippen molar-refractivity contribution in [3.05, 3.63) is 51.9 Å². The molecular formula is C15H17Cl2NO2. The predicted molar refractivity (Wildman–Crippen MR) is 81.5 cm³/mol. The van der Waals surface area contributed by atoms with Crippen molar-refractivity contribution in [2.45, 2.75) is 26.4 Å². The van der Waals surface area contributed by atoms with Crippen molar-refractivity contribution in [2.75, 3.05) is 6.61 Å². The van der Waals surface area contributed by atoms with Crippen LogP contribution in [0.1, 0.15) is 24.7 Å². The van der Waals surface area contributed by atoms with E-state index in [-0.39, 0.29) is 0 Å². The maximum Gasteiger partial charge on any atom is 0.156 e. The summed E-state index contributed by atoms with van der Waals surface area (Å²) in [4.78, 5) is 0. The highest BCUT2D eigenvalue weighted by molar-refractivity contribution is 6.37. The van der Waals surface area contributed by atoms with E-state index >= 15 is 0 Å². The Balaban J connectivity index is 1.95. The van der Waals surface area contributed by atoms with Crippen LogP contribution in [0.25, 0.3) is 0 Å². The second-order valence-corrected chi connectivity index (χ2v) is 5.23. The van der Waals surface area contributed by atoms with Gasteiger partial charge in [0.25, 0.3) is 0 Å². The van der Waals surface area contributed by atoms with Crippen LogP contribution in [0, 0.1) is 0 Å². The monoisotopic (exact) mass is 313 g/mol. The Morgan fingerprint density at radius 2 is 1.95 bits per heavy atom. The molecule has 20 heavy (non-hydrogen) atoms. The molecule has 1 heterocycles. The molecule has 5 heteroatoms. The van der Waals surface area contributed by atoms with Gasteiger partial charge in [-0.1, -0.05) is 30.1 Å². The molecule has 0 amide bonds. The number of hydrogen-bond donors (Lipinski definition) is 1. The second-order valence-electron chi connectivity index (χ2n) is 4.42. The van der Waals surface area contributed by atoms with Gasteiger partial charge in [-0.3, -0.25) is 0 Å². The molecule has 1 aromatic carbocycles. The van der Waals surface area contributed by atoms with Crippen molar-refractivity contribution in [2.24, 2.45) is 0 Å². The summed E-state index contributed by atoms with van der Waals surface area (Å²) in [6, 6.07) is 7.53. The molecule has 1 aromatic heterocycles. The topological polar surface area (TPSA) is 34.4 Å². The molecule has 3 nitrogen and oxygen atoms in total. The van der Waals surface area contributed by atoms with Gasteiger partial charge in [0.05, 0.1) is 29.5 Å². The summed E-state index contributed by atoms with van der Waals surface area (Å²) in [5, 5.41) is 4.35. The molecule has 0 saturated carbocycles. The minimum absolute atomic E-state index is 0.542. The van der Waals surface area contributed by atoms with Gasteiger partial charge in [0.2, 0.25) is 0 Å². The third kappa shape index (κ3) is 4.17. The van der Waals surface area contributed by atoms with Gasteiger partial charge < -0.3 is 14.5 Å². The zero-order valence-electron chi connectivity index (χ0n) is 11.3. The molecular weight excluding hydrogens is 297 g/mol. The van der Waals surface area contributed by atoms with E-state index in [9.17, 15) is 0 Å². The number of nitrogens with one attached hydrogen (secondary N) is 1. The molecule has 1 N–H and O–H groups in total. The van der Waals surface area contributed by atoms with Gasteiger partial charge in [-0.25, -0.2) is 0 Å². The highest BCUT2D eigenvalue weighted by Gasteiger charge is 2.09. The number of halogens is 2. The minimum Gasteiger partial charge on any atom is -0.490 e. The zero-order valence-corrected chi connectivity index (χ0v) is 12.8. The van der Waals surface area contributed by atoms with E-state index in [1.54, 1.807) is 6.26 Å². The van der Waals surface area contributed by atoms with Gasteiger partial charge in [0.15, 0.2) is 5.75 Å². The number of benzene rings is 1. The molecule has 0 aliphatic heterocycles. The van der Waals surface area contributed by atoms with Crippen molar-refractivity contribution in [1.82, 2.24) is 5.32 Å². The number of ether oxygens (including phenoxy) is 1. The van der Waals surface area contributed by atoms with Gasteiger partial charge in [-0.05, 0) is 36.2 Å². The third-order valence-electron chi connectivity index (χ3n) is 2.72. The second kappa shape index (κ2) is 7.58. The van der Waals surface area contributed by atoms with Crippen molar-refractivity contribution >= 4 is 23.2 Å². The van der Waals surface area contributed by atoms with E-state index in [4.69, 9.17) is 32.4 Å². The molecule has 2 rings (SSSR count). The van der Waals surface area contributed by atoms with E-state index in [1.165, 1.54) is 0 Å². The Morgan fingerprint density at radius 1 is 1.20 bits per heavy atom. The fraction of sp³-hybridized carbons (Fsp3) is 0.333. The predicted octanol–water partition coefficient (Wildman–Crippen LogP) is 4.67. The molecule has 0 spiro atoms. The van der Waals surface area contributed by atoms with Gasteiger partial charge in [-0.15, -0.1) is 0 Å². The molecule has 0 radical (unpaired) electrons. The van der Waals surface area contributed by atoms with Crippen LogP contribution in [0.15, 0.2) is 34.9 Å². The molecule has 0 atom stereocenters. The van der Waals surface area contributed by atoms with Crippen molar-refractivity contribution in [3.63, 3.8) is 0 Å². The SMILES string of the molecule is CCCOc1c(Cl)cc(CNCc2ccco2)cc1Cl. The van der Waals surface area contributed by atoms with E-state index in [0.29, 0.717) is 35.5 Å². The standard InChI is InChI=1S/C15H17Cl2NO2/c1-2-5-20-15-13(16)7-11(8-14(15)17)9-18-10-12-4-3-6-19-12/h3-4,6-8,18H,2,5,9-10H2,1H3. The Kier molecular flexibility index (Phi) is 5.77. The highest BCUT2D eigenvalue weighted by atomic mass is 35.5. The average molecular weight is 314 g/mol. The molecule has 0 saturated heterocycles. The Morgan fingerprint density at radius 3 is 2.55 bits per heavy atom. The average Bonchev–Trinajstić information content (AvgIpc) is 2.91. The van der Waals surface area contributed by atoms with Crippen molar-refractivity contribution < 1.29 is 9.15 Å². The molecule has 0 aliphatic rings. The zero-order chi connectivity index (χ0) is 14.4. The summed E-state index contributed by atoms with van der Waals surface area (Å²) < 4.78 is 10.8. The first kappa shape index (κ1) is 15.2. The third-order valence-corrected chi connectivity index (χ3v) is 3.28. The largest absolute Gasteiger partial charge is 0.490 e. The summed E-state index contributed by atoms with van der Waals surface area (Å²) in [5.74, 6) is 1.45. The van der Waals surface area contributed by atoms with Crippen molar-refractivity contribution in [3.8, 4) is 5.75 Å². The highest BCUT2D eigenvalue weighted by Crippen LogP contribution is 2.34. The fourth-order valence-electron chi connectivity index (χ4n) is 1.80. The summed E-state index contributed by atoms with van der Waals surface area (Å²) >= 11 is 12.4. The van der Waals surface area contributed by atoms with Crippen LogP contribution in [-0.2, 0) is 13.1 Å². The normalized spacial score (nSPS) is 10.8. The van der Waals surface area contributed by atoms with Crippen LogP contribution in [0.5, 0.6) is 5.75 Å². The maximum absolute atomic E-state index is 6.19. The Hall–Kier alpha value is -1.16. The molecule has 108 valence electrons. The van der Waals surface area contributed by atoms with Gasteiger partial charge >= 0.3 is 0 Å². The lowest BCUT2D eigenvalue weighted by atomic mass is 10.2. The van der Waals surface area contributed by atoms with E-state index in [0.717, 1.165) is 17.7 Å². The first-order valence-corrected chi connectivity index (χ1v) is 7.30. The fourth-order valence-corrected chi connectivity index (χ4v) is 2.44. The molecule has 0 bridgehead atoms. The smallest absolute Gasteiger partial charge is 0.156 e. The molecule has 0 fully saturated rings. The number of hydrogen-bond acceptors (Lipinski definition) is 3. The van der Waals surface area contributed by atoms with E-state index in [1.807, 2.05) is 31.2 Å². The van der Waals surface area contributed by atoms with Crippen LogP contribution >= 0.6 is 23.2 Å². The van der Waals surface area contributed by atoms with Crippen LogP contribution in [0.4, 0.5) is 0 Å². The number of furan rings is 1. The van der Waals surface area contributed by atoms with Gasteiger partial charge in [0.1, 0.15) is 5.76 Å². The van der Waals surface area contributed by atoms with Crippen LogP contribution < -0.4 is 10.1 Å². The molecule has 0 aliphatic carbocycles. The lowest BCUT2D eigenvalue weighted by molar-refractivity contribution is 0.317. The van der Waals surface area contributed by atoms with Crippen molar-refractivity contribution in [1.29, 1.82) is 0 Å². The van der Waals surface area contributed by atoms with Crippen LogP contribution in [0.3, 0.4) is 0 Å². The summed E-state index contributed by atoms with van der Waals surface area (Å²) in [6.45, 7) is 3.97. The van der Waals surface area contributed by atoms with Gasteiger partial charge in [-0.2, -0.15) is 0 Å². The first-order chi connectivity index (χ1) is 9.70. The minimum atomic E-state index is 0.542. The van der Waals surface area contributed by atoms with Gasteiger partial charge in [0, 0.05) is 6.54 Å². The van der Waals surface area contributed by atoms with Crippen LogP contribution in [-0.4, -0.2) is 6.61 Å². The quantitative estimate of drug-likeness (QED) is 0.807. The Labute approximate surface area is 128 Å². The summed E-state index contributed by atoms with van der Waals surface area (Å²) in [7, 11) is 0. The summed E-state index contributed by atoms with van der Waals surface area (Å²) in [6.07, 6.45) is 2.57. The lowest BCUT2D eigenvalue weighted by Crippen LogP contribution is -2.12. The molecule has 0 unspecified atom stereocenters.